The van der Waals surface area contributed by atoms with Gasteiger partial charge in [-0.2, -0.15) is 0 Å². The second kappa shape index (κ2) is 44.7. The first-order chi connectivity index (χ1) is 27.5. The lowest BCUT2D eigenvalue weighted by atomic mass is 10.0. The number of amides is 1. The minimum Gasteiger partial charge on any atom is -0.462 e. The Kier molecular flexibility index (Phi) is 43.6. The molecule has 1 amide bonds. The van der Waals surface area contributed by atoms with Crippen LogP contribution in [0.25, 0.3) is 0 Å². The summed E-state index contributed by atoms with van der Waals surface area (Å²) in [5, 5.41) is 23.7. The molecule has 0 aliphatic carbocycles. The third kappa shape index (κ3) is 39.4. The van der Waals surface area contributed by atoms with Crippen LogP contribution in [0, 0.1) is 0 Å². The highest BCUT2D eigenvalue weighted by Crippen LogP contribution is 2.18. The predicted octanol–water partition coefficient (Wildman–Crippen LogP) is 14.6. The first-order valence-electron chi connectivity index (χ1n) is 24.9. The molecule has 0 aromatic heterocycles. The molecule has 3 atom stereocenters. The minimum absolute atomic E-state index is 0.0811. The smallest absolute Gasteiger partial charge is 0.306 e. The second-order valence-electron chi connectivity index (χ2n) is 17.2. The van der Waals surface area contributed by atoms with Crippen molar-refractivity contribution in [1.29, 1.82) is 0 Å². The van der Waals surface area contributed by atoms with Crippen molar-refractivity contribution in [3.63, 3.8) is 0 Å². The van der Waals surface area contributed by atoms with Gasteiger partial charge in [-0.25, -0.2) is 0 Å². The van der Waals surface area contributed by atoms with Crippen LogP contribution in [0.3, 0.4) is 0 Å². The van der Waals surface area contributed by atoms with E-state index in [0.717, 1.165) is 51.4 Å². The van der Waals surface area contributed by atoms with E-state index in [0.29, 0.717) is 19.3 Å². The summed E-state index contributed by atoms with van der Waals surface area (Å²) in [7, 11) is 0. The Balaban J connectivity index is 4.55. The molecule has 0 aromatic rings. The first-order valence-corrected chi connectivity index (χ1v) is 24.9. The molecule has 6 heteroatoms. The van der Waals surface area contributed by atoms with Gasteiger partial charge in [0.2, 0.25) is 5.91 Å². The summed E-state index contributed by atoms with van der Waals surface area (Å²) in [6, 6.07) is -0.695. The number of aliphatic hydroxyl groups excluding tert-OH is 2. The van der Waals surface area contributed by atoms with Crippen molar-refractivity contribution in [3.8, 4) is 0 Å². The van der Waals surface area contributed by atoms with Crippen LogP contribution in [0.4, 0.5) is 0 Å². The van der Waals surface area contributed by atoms with E-state index < -0.39 is 18.2 Å². The molecule has 0 radical (unpaired) electrons. The largest absolute Gasteiger partial charge is 0.462 e. The van der Waals surface area contributed by atoms with Crippen LogP contribution in [0.15, 0.2) is 12.2 Å². The number of unbranched alkanes of at least 4 members (excludes halogenated alkanes) is 31. The van der Waals surface area contributed by atoms with Gasteiger partial charge < -0.3 is 20.3 Å². The van der Waals surface area contributed by atoms with Crippen LogP contribution in [0.5, 0.6) is 0 Å². The molecular formula is C50H97NO5. The number of esters is 1. The number of carbonyl (C=O) groups is 2. The summed E-state index contributed by atoms with van der Waals surface area (Å²) in [4.78, 5) is 26.0. The Bertz CT molecular complexity index is 847. The van der Waals surface area contributed by atoms with Gasteiger partial charge in [0.05, 0.1) is 25.2 Å². The Morgan fingerprint density at radius 1 is 0.500 bits per heavy atom. The Labute approximate surface area is 349 Å². The number of ether oxygens (including phenoxy) is 1. The Morgan fingerprint density at radius 3 is 1.32 bits per heavy atom. The number of allylic oxidation sites excluding steroid dienone is 2. The van der Waals surface area contributed by atoms with Crippen LogP contribution < -0.4 is 5.32 Å². The van der Waals surface area contributed by atoms with Gasteiger partial charge in [0.25, 0.3) is 0 Å². The van der Waals surface area contributed by atoms with Gasteiger partial charge in [-0.05, 0) is 44.9 Å². The molecular weight excluding hydrogens is 695 g/mol. The molecule has 3 unspecified atom stereocenters. The van der Waals surface area contributed by atoms with Gasteiger partial charge >= 0.3 is 5.97 Å². The molecule has 332 valence electrons. The Morgan fingerprint density at radius 2 is 0.875 bits per heavy atom. The molecule has 0 saturated carbocycles. The van der Waals surface area contributed by atoms with Crippen molar-refractivity contribution in [2.45, 2.75) is 289 Å². The topological polar surface area (TPSA) is 95.9 Å². The molecule has 0 bridgehead atoms. The minimum atomic E-state index is -0.781. The quantitative estimate of drug-likeness (QED) is 0.0324. The van der Waals surface area contributed by atoms with Crippen molar-refractivity contribution < 1.29 is 24.5 Å². The summed E-state index contributed by atoms with van der Waals surface area (Å²) >= 11 is 0. The van der Waals surface area contributed by atoms with E-state index in [1.165, 1.54) is 173 Å². The van der Waals surface area contributed by atoms with Crippen molar-refractivity contribution in [3.05, 3.63) is 12.2 Å². The van der Waals surface area contributed by atoms with E-state index in [9.17, 15) is 19.8 Å². The summed E-state index contributed by atoms with van der Waals surface area (Å²) in [5.74, 6) is -0.470. The molecule has 0 spiro atoms. The lowest BCUT2D eigenvalue weighted by Gasteiger charge is -2.24. The fourth-order valence-electron chi connectivity index (χ4n) is 7.77. The number of nitrogens with one attached hydrogen (secondary N) is 1. The molecule has 0 saturated heterocycles. The highest BCUT2D eigenvalue weighted by Gasteiger charge is 2.24. The van der Waals surface area contributed by atoms with Crippen molar-refractivity contribution in [2.24, 2.45) is 0 Å². The molecule has 0 heterocycles. The predicted molar refractivity (Wildman–Crippen MR) is 241 cm³/mol. The van der Waals surface area contributed by atoms with Gasteiger partial charge in [0.15, 0.2) is 0 Å². The normalized spacial score (nSPS) is 13.3. The number of rotatable bonds is 45. The van der Waals surface area contributed by atoms with Gasteiger partial charge in [0, 0.05) is 6.42 Å². The van der Waals surface area contributed by atoms with Crippen LogP contribution >= 0.6 is 0 Å². The molecule has 0 fully saturated rings. The number of aliphatic hydroxyl groups is 2. The molecule has 3 N–H and O–H groups in total. The highest BCUT2D eigenvalue weighted by molar-refractivity contribution is 5.77. The Hall–Kier alpha value is -1.40. The van der Waals surface area contributed by atoms with Gasteiger partial charge in [0.1, 0.15) is 6.10 Å². The average Bonchev–Trinajstić information content (AvgIpc) is 3.19. The maximum atomic E-state index is 13.2. The lowest BCUT2D eigenvalue weighted by molar-refractivity contribution is -0.151. The van der Waals surface area contributed by atoms with Crippen LogP contribution in [0.1, 0.15) is 271 Å². The molecule has 6 nitrogen and oxygen atoms in total. The molecule has 0 aliphatic rings. The summed E-state index contributed by atoms with van der Waals surface area (Å²) in [6.07, 6.45) is 48.4. The van der Waals surface area contributed by atoms with E-state index in [4.69, 9.17) is 4.74 Å². The fraction of sp³-hybridized carbons (Fsp3) is 0.920. The monoisotopic (exact) mass is 792 g/mol. The van der Waals surface area contributed by atoms with E-state index in [1.807, 2.05) is 0 Å². The molecule has 0 rings (SSSR count). The number of hydrogen-bond donors (Lipinski definition) is 3. The third-order valence-corrected chi connectivity index (χ3v) is 11.6. The van der Waals surface area contributed by atoms with Gasteiger partial charge in [-0.1, -0.05) is 226 Å². The highest BCUT2D eigenvalue weighted by atomic mass is 16.5. The molecule has 0 aliphatic heterocycles. The standard InChI is InChI=1S/C50H97NO5/c1-4-7-10-13-16-19-22-23-24-25-28-29-32-35-38-41-46(56-50(55)43-40-37-34-31-27-21-18-15-12-9-6-3)44-49(54)51-47(45-52)48(53)42-39-36-33-30-26-20-17-14-11-8-5-2/h15,18,46-48,52-53H,4-14,16-17,19-45H2,1-3H3,(H,51,54)/b18-15-. The average molecular weight is 792 g/mol. The zero-order valence-electron chi connectivity index (χ0n) is 37.8. The zero-order chi connectivity index (χ0) is 41.0. The molecule has 56 heavy (non-hydrogen) atoms. The maximum Gasteiger partial charge on any atom is 0.306 e. The van der Waals surface area contributed by atoms with E-state index in [1.54, 1.807) is 0 Å². The van der Waals surface area contributed by atoms with E-state index in [2.05, 4.69) is 38.2 Å². The van der Waals surface area contributed by atoms with Crippen molar-refractivity contribution in [1.82, 2.24) is 5.32 Å². The van der Waals surface area contributed by atoms with Crippen LogP contribution in [0.2, 0.25) is 0 Å². The fourth-order valence-corrected chi connectivity index (χ4v) is 7.77. The van der Waals surface area contributed by atoms with Crippen molar-refractivity contribution in [2.75, 3.05) is 6.61 Å². The third-order valence-electron chi connectivity index (χ3n) is 11.6. The van der Waals surface area contributed by atoms with E-state index >= 15 is 0 Å². The SMILES string of the molecule is CCCC/C=C\CCCCCCCC(=O)OC(CCCCCCCCCCCCCCCCC)CC(=O)NC(CO)C(O)CCCCCCCCCCCCC. The summed E-state index contributed by atoms with van der Waals surface area (Å²) < 4.78 is 5.92. The van der Waals surface area contributed by atoms with Gasteiger partial charge in [-0.15, -0.1) is 0 Å². The van der Waals surface area contributed by atoms with Crippen LogP contribution in [-0.2, 0) is 14.3 Å². The summed E-state index contributed by atoms with van der Waals surface area (Å²) in [6.45, 7) is 6.45. The van der Waals surface area contributed by atoms with Crippen molar-refractivity contribution >= 4 is 11.9 Å². The van der Waals surface area contributed by atoms with E-state index in [-0.39, 0.29) is 24.9 Å². The number of hydrogen-bond acceptors (Lipinski definition) is 5. The molecule has 0 aromatic carbocycles. The number of carbonyl (C=O) groups excluding carboxylic acids is 2. The zero-order valence-corrected chi connectivity index (χ0v) is 37.8. The lowest BCUT2D eigenvalue weighted by Crippen LogP contribution is -2.46. The maximum absolute atomic E-state index is 13.2. The summed E-state index contributed by atoms with van der Waals surface area (Å²) in [5.41, 5.74) is 0. The first kappa shape index (κ1) is 54.6. The van der Waals surface area contributed by atoms with Gasteiger partial charge in [-0.3, -0.25) is 9.59 Å². The van der Waals surface area contributed by atoms with Crippen LogP contribution in [-0.4, -0.2) is 46.9 Å². The second-order valence-corrected chi connectivity index (χ2v) is 17.2.